The van der Waals surface area contributed by atoms with Gasteiger partial charge in [-0.3, -0.25) is 9.80 Å². The number of nitrogens with zero attached hydrogens (tertiary/aromatic N) is 2. The van der Waals surface area contributed by atoms with E-state index >= 15 is 0 Å². The van der Waals surface area contributed by atoms with Gasteiger partial charge in [-0.05, 0) is 186 Å². The average Bonchev–Trinajstić information content (AvgIpc) is 3.89. The summed E-state index contributed by atoms with van der Waals surface area (Å²) in [6, 6.07) is 0. The second kappa shape index (κ2) is 25.9. The van der Waals surface area contributed by atoms with Crippen LogP contribution in [0.1, 0.15) is 279 Å². The molecule has 2 heteroatoms. The third-order valence-corrected chi connectivity index (χ3v) is 16.0. The number of likely N-dealkylation sites (tertiary alicyclic amines) is 1. The van der Waals surface area contributed by atoms with Crippen molar-refractivity contribution in [1.82, 2.24) is 9.80 Å². The molecule has 69 heavy (non-hydrogen) atoms. The van der Waals surface area contributed by atoms with Crippen molar-refractivity contribution in [3.8, 4) is 0 Å². The van der Waals surface area contributed by atoms with Gasteiger partial charge < -0.3 is 0 Å². The number of hydrogen-bond acceptors (Lipinski definition) is 2. The lowest BCUT2D eigenvalue weighted by molar-refractivity contribution is 0.0163. The van der Waals surface area contributed by atoms with E-state index in [1.54, 1.807) is 11.1 Å². The molecule has 1 saturated heterocycles. The topological polar surface area (TPSA) is 6.48 Å². The highest BCUT2D eigenvalue weighted by atomic mass is 15.2. The molecule has 0 aromatic rings. The average molecular weight is 964 g/mol. The number of allylic oxidation sites excluding steroid dienone is 6. The molecule has 6 aliphatic rings. The molecule has 1 saturated carbocycles. The Hall–Kier alpha value is -1.12. The van der Waals surface area contributed by atoms with Crippen LogP contribution in [0.2, 0.25) is 0 Å². The standard InChI is InChI=1S/C13H24.C12H25N.C12H23N.C11H22.2C9H16.CH4/c1-10-7-11(12(2,3)4)9-13(5,6)8-10;2*1-10-7-12(5,6)9-13(8-10)11(2,3)4;1-10(2,3)9-6-7-11(4,5)8-9;2*1-9(2,3)8-6-4-5-7-8;/h9-10H,7-8H2,1-6H3;10H,7-9H2,1-6H3;7H,8-9H2,1-6H3;9H,6-8H2,1-5H3;6H,4-5,7H2,1-3H3;4-5,8H,6-7H2,1-3H3;1H4. The summed E-state index contributed by atoms with van der Waals surface area (Å²) in [4.78, 5) is 5.18. The lowest BCUT2D eigenvalue weighted by Crippen LogP contribution is -2.52. The number of rotatable bonds is 0. The van der Waals surface area contributed by atoms with Crippen molar-refractivity contribution in [1.29, 1.82) is 0 Å². The summed E-state index contributed by atoms with van der Waals surface area (Å²) in [5.74, 6) is 3.56. The van der Waals surface area contributed by atoms with Gasteiger partial charge in [-0.25, -0.2) is 0 Å². The van der Waals surface area contributed by atoms with Crippen molar-refractivity contribution in [3.05, 3.63) is 47.1 Å². The molecule has 3 atom stereocenters. The van der Waals surface area contributed by atoms with Crippen molar-refractivity contribution in [2.75, 3.05) is 26.2 Å². The molecule has 4 aliphatic carbocycles. The molecular formula is C67H130N2. The van der Waals surface area contributed by atoms with E-state index in [1.807, 2.05) is 0 Å². The Morgan fingerprint density at radius 2 is 1.03 bits per heavy atom. The first kappa shape index (κ1) is 67.9. The van der Waals surface area contributed by atoms with Crippen molar-refractivity contribution in [3.63, 3.8) is 0 Å². The van der Waals surface area contributed by atoms with Crippen LogP contribution in [0.5, 0.6) is 0 Å². The minimum atomic E-state index is 0. The van der Waals surface area contributed by atoms with Gasteiger partial charge in [0.25, 0.3) is 0 Å². The molecule has 408 valence electrons. The van der Waals surface area contributed by atoms with E-state index in [-0.39, 0.29) is 7.43 Å². The minimum Gasteiger partial charge on any atom is -0.298 e. The fourth-order valence-corrected chi connectivity index (χ4v) is 11.9. The largest absolute Gasteiger partial charge is 0.298 e. The van der Waals surface area contributed by atoms with Crippen molar-refractivity contribution in [2.24, 2.45) is 67.0 Å². The van der Waals surface area contributed by atoms with Crippen LogP contribution in [0.25, 0.3) is 0 Å². The molecule has 2 fully saturated rings. The smallest absolute Gasteiger partial charge is 0.0195 e. The zero-order valence-corrected chi connectivity index (χ0v) is 52.2. The van der Waals surface area contributed by atoms with Gasteiger partial charge in [0.05, 0.1) is 0 Å². The lowest BCUT2D eigenvalue weighted by Gasteiger charge is -2.47. The normalized spacial score (nSPS) is 26.0. The van der Waals surface area contributed by atoms with Crippen molar-refractivity contribution >= 4 is 0 Å². The summed E-state index contributed by atoms with van der Waals surface area (Å²) in [6.45, 7) is 72.5. The monoisotopic (exact) mass is 963 g/mol. The summed E-state index contributed by atoms with van der Waals surface area (Å²) >= 11 is 0. The van der Waals surface area contributed by atoms with Crippen LogP contribution >= 0.6 is 0 Å². The van der Waals surface area contributed by atoms with Crippen LogP contribution in [0.3, 0.4) is 0 Å². The van der Waals surface area contributed by atoms with Gasteiger partial charge in [-0.2, -0.15) is 0 Å². The van der Waals surface area contributed by atoms with Crippen LogP contribution in [0.4, 0.5) is 0 Å². The highest BCUT2D eigenvalue weighted by Crippen LogP contribution is 2.48. The predicted molar refractivity (Wildman–Crippen MR) is 317 cm³/mol. The summed E-state index contributed by atoms with van der Waals surface area (Å²) in [7, 11) is 0. The fourth-order valence-electron chi connectivity index (χ4n) is 11.9. The molecule has 0 N–H and O–H groups in total. The Labute approximate surface area is 438 Å². The van der Waals surface area contributed by atoms with Crippen LogP contribution in [0.15, 0.2) is 47.1 Å². The van der Waals surface area contributed by atoms with E-state index in [9.17, 15) is 0 Å². The molecule has 0 spiro atoms. The van der Waals surface area contributed by atoms with Crippen LogP contribution in [-0.2, 0) is 0 Å². The van der Waals surface area contributed by atoms with Crippen molar-refractivity contribution < 1.29 is 0 Å². The SMILES string of the molecule is C.CC(C)(C)C1=CCCC1.CC(C)(C)C1CC=CC1.CC1(C)CCC(C(C)(C)C)C1.CC1=CC(C)(C)CN(C(C)(C)C)C1.CC1CC(C(C)(C)C)=CC(C)(C)C1.CC1CN(C(C)(C)C)CC(C)(C)C1. The van der Waals surface area contributed by atoms with Gasteiger partial charge in [-0.1, -0.05) is 207 Å². The van der Waals surface area contributed by atoms with Gasteiger partial charge in [0.2, 0.25) is 0 Å². The molecule has 2 aliphatic heterocycles. The Morgan fingerprint density at radius 3 is 1.33 bits per heavy atom. The molecule has 0 aromatic heterocycles. The molecule has 0 amide bonds. The van der Waals surface area contributed by atoms with E-state index in [0.717, 1.165) is 30.2 Å². The van der Waals surface area contributed by atoms with E-state index in [1.165, 1.54) is 95.8 Å². The van der Waals surface area contributed by atoms with Gasteiger partial charge in [0, 0.05) is 37.3 Å². The Bertz CT molecular complexity index is 1600. The lowest BCUT2D eigenvalue weighted by atomic mass is 9.69. The summed E-state index contributed by atoms with van der Waals surface area (Å²) in [6.07, 6.45) is 26.9. The van der Waals surface area contributed by atoms with E-state index in [0.29, 0.717) is 54.4 Å². The minimum absolute atomic E-state index is 0. The molecule has 6 rings (SSSR count). The summed E-state index contributed by atoms with van der Waals surface area (Å²) in [5.41, 5.74) is 9.20. The Morgan fingerprint density at radius 1 is 0.536 bits per heavy atom. The first-order valence-corrected chi connectivity index (χ1v) is 28.4. The van der Waals surface area contributed by atoms with E-state index in [2.05, 4.69) is 241 Å². The quantitative estimate of drug-likeness (QED) is 0.223. The number of piperidine rings is 1. The van der Waals surface area contributed by atoms with E-state index in [4.69, 9.17) is 0 Å². The molecule has 0 aromatic carbocycles. The molecule has 3 unspecified atom stereocenters. The summed E-state index contributed by atoms with van der Waals surface area (Å²) < 4.78 is 0. The molecule has 0 radical (unpaired) electrons. The summed E-state index contributed by atoms with van der Waals surface area (Å²) in [5, 5.41) is 0. The van der Waals surface area contributed by atoms with E-state index < -0.39 is 0 Å². The van der Waals surface area contributed by atoms with Gasteiger partial charge in [-0.15, -0.1) is 0 Å². The van der Waals surface area contributed by atoms with Crippen LogP contribution in [0, 0.1) is 67.0 Å². The van der Waals surface area contributed by atoms with Crippen molar-refractivity contribution in [2.45, 2.75) is 290 Å². The highest BCUT2D eigenvalue weighted by Gasteiger charge is 2.38. The maximum atomic E-state index is 2.63. The van der Waals surface area contributed by atoms with Gasteiger partial charge >= 0.3 is 0 Å². The molecule has 2 heterocycles. The second-order valence-corrected chi connectivity index (χ2v) is 32.8. The first-order chi connectivity index (χ1) is 30.1. The predicted octanol–water partition coefficient (Wildman–Crippen LogP) is 21.3. The molecule has 0 bridgehead atoms. The second-order valence-electron chi connectivity index (χ2n) is 32.8. The maximum absolute atomic E-state index is 2.63. The van der Waals surface area contributed by atoms with Gasteiger partial charge in [0.15, 0.2) is 0 Å². The molecular weight excluding hydrogens is 833 g/mol. The Balaban J connectivity index is 0.000000807. The first-order valence-electron chi connectivity index (χ1n) is 28.4. The fraction of sp³-hybridized carbons (Fsp3) is 0.881. The zero-order valence-electron chi connectivity index (χ0n) is 52.2. The van der Waals surface area contributed by atoms with Gasteiger partial charge in [0.1, 0.15) is 0 Å². The zero-order chi connectivity index (χ0) is 53.3. The highest BCUT2D eigenvalue weighted by molar-refractivity contribution is 5.19. The van der Waals surface area contributed by atoms with Crippen LogP contribution < -0.4 is 0 Å². The third kappa shape index (κ3) is 27.1. The van der Waals surface area contributed by atoms with Crippen LogP contribution in [-0.4, -0.2) is 47.1 Å². The Kier molecular flexibility index (Phi) is 25.5. The maximum Gasteiger partial charge on any atom is 0.0195 e. The number of hydrogen-bond donors (Lipinski definition) is 0. The third-order valence-electron chi connectivity index (χ3n) is 16.0. The molecule has 2 nitrogen and oxygen atoms in total.